The molecule has 12 heteroatoms. The average Bonchev–Trinajstić information content (AvgIpc) is 3.82. The minimum Gasteiger partial charge on any atom is -0.469 e. The van der Waals surface area contributed by atoms with Crippen LogP contribution in [0.15, 0.2) is 91.1 Å². The molecule has 0 bridgehead atoms. The van der Waals surface area contributed by atoms with Crippen LogP contribution in [0.4, 0.5) is 10.9 Å². The first-order valence-electron chi connectivity index (χ1n) is 19.8. The highest BCUT2D eigenvalue weighted by molar-refractivity contribution is 7.22. The van der Waals surface area contributed by atoms with Gasteiger partial charge in [0.15, 0.2) is 5.13 Å². The van der Waals surface area contributed by atoms with Gasteiger partial charge in [-0.25, -0.2) is 9.97 Å². The molecule has 294 valence electrons. The summed E-state index contributed by atoms with van der Waals surface area (Å²) >= 11 is 1.46. The Kier molecular flexibility index (Phi) is 13.0. The maximum absolute atomic E-state index is 14.0. The van der Waals surface area contributed by atoms with Crippen LogP contribution in [-0.4, -0.2) is 57.7 Å². The number of anilines is 2. The minimum atomic E-state index is -0.224. The quantitative estimate of drug-likeness (QED) is 0.0694. The van der Waals surface area contributed by atoms with Crippen molar-refractivity contribution in [3.63, 3.8) is 0 Å². The maximum Gasteiger partial charge on any atom is 0.305 e. The number of unbranched alkanes of at least 4 members (excludes halogenated alkanes) is 6. The molecule has 0 aliphatic carbocycles. The lowest BCUT2D eigenvalue weighted by Gasteiger charge is -2.31. The van der Waals surface area contributed by atoms with E-state index in [4.69, 9.17) is 14.8 Å². The zero-order chi connectivity index (χ0) is 39.6. The number of thiazole rings is 1. The Hall–Kier alpha value is -5.88. The van der Waals surface area contributed by atoms with Gasteiger partial charge in [-0.15, -0.1) is 0 Å². The predicted molar refractivity (Wildman–Crippen MR) is 226 cm³/mol. The molecule has 2 amide bonds. The molecule has 3 aromatic carbocycles. The third-order valence-corrected chi connectivity index (χ3v) is 11.5. The number of nitrogens with zero attached hydrogens (tertiary/aromatic N) is 5. The third kappa shape index (κ3) is 9.75. The first-order valence-corrected chi connectivity index (χ1v) is 20.6. The van der Waals surface area contributed by atoms with E-state index in [9.17, 15) is 14.4 Å². The number of methoxy groups -OCH3 is 1. The fourth-order valence-electron chi connectivity index (χ4n) is 7.39. The molecular formula is C45H49N7O4S. The van der Waals surface area contributed by atoms with Crippen LogP contribution in [0.2, 0.25) is 0 Å². The second kappa shape index (κ2) is 18.8. The number of carbonyl (C=O) groups is 3. The number of carbonyl (C=O) groups excluding carboxylic acids is 3. The van der Waals surface area contributed by atoms with Crippen LogP contribution in [0.5, 0.6) is 0 Å². The molecule has 0 unspecified atom stereocenters. The fraction of sp³-hybridized carbons (Fsp3) is 0.333. The summed E-state index contributed by atoms with van der Waals surface area (Å²) in [6.07, 6.45) is 10.0. The number of hydrogen-bond donors (Lipinski definition) is 2. The maximum atomic E-state index is 14.0. The number of hydrogen-bond acceptors (Lipinski definition) is 9. The number of pyridine rings is 1. The van der Waals surface area contributed by atoms with Crippen LogP contribution in [-0.2, 0) is 29.0 Å². The first kappa shape index (κ1) is 39.4. The van der Waals surface area contributed by atoms with Crippen LogP contribution in [0, 0.1) is 6.92 Å². The van der Waals surface area contributed by atoms with Gasteiger partial charge in [0.25, 0.3) is 11.8 Å². The second-order valence-corrected chi connectivity index (χ2v) is 15.5. The van der Waals surface area contributed by atoms with Gasteiger partial charge in [0.1, 0.15) is 11.5 Å². The van der Waals surface area contributed by atoms with E-state index >= 15 is 0 Å². The van der Waals surface area contributed by atoms with Gasteiger partial charge in [0, 0.05) is 48.4 Å². The van der Waals surface area contributed by atoms with Crippen LogP contribution in [0.25, 0.3) is 21.3 Å². The highest BCUT2D eigenvalue weighted by Crippen LogP contribution is 2.32. The number of benzene rings is 3. The van der Waals surface area contributed by atoms with Crippen molar-refractivity contribution in [3.05, 3.63) is 125 Å². The third-order valence-electron chi connectivity index (χ3n) is 10.6. The van der Waals surface area contributed by atoms with Crippen molar-refractivity contribution in [3.8, 4) is 11.1 Å². The molecule has 57 heavy (non-hydrogen) atoms. The zero-order valence-corrected chi connectivity index (χ0v) is 33.4. The Morgan fingerprint density at radius 1 is 0.807 bits per heavy atom. The van der Waals surface area contributed by atoms with Crippen molar-refractivity contribution < 1.29 is 19.1 Å². The molecular weight excluding hydrogens is 735 g/mol. The van der Waals surface area contributed by atoms with Crippen molar-refractivity contribution in [2.24, 2.45) is 0 Å². The van der Waals surface area contributed by atoms with E-state index in [-0.39, 0.29) is 17.8 Å². The molecule has 0 atom stereocenters. The summed E-state index contributed by atoms with van der Waals surface area (Å²) in [6.45, 7) is 4.36. The molecule has 0 spiro atoms. The summed E-state index contributed by atoms with van der Waals surface area (Å²) in [5, 5.41) is 11.5. The summed E-state index contributed by atoms with van der Waals surface area (Å²) in [5.74, 6) is 0.107. The number of fused-ring (bicyclic) bond motifs is 2. The number of ether oxygens (including phenoxy) is 1. The average molecular weight is 784 g/mol. The number of nitrogens with one attached hydrogen (secondary N) is 2. The lowest BCUT2D eigenvalue weighted by molar-refractivity contribution is -0.140. The number of esters is 1. The van der Waals surface area contributed by atoms with E-state index in [2.05, 4.69) is 38.7 Å². The summed E-state index contributed by atoms with van der Waals surface area (Å²) in [7, 11) is 1.43. The zero-order valence-electron chi connectivity index (χ0n) is 32.6. The Labute approximate surface area is 337 Å². The number of para-hydroxylation sites is 1. The monoisotopic (exact) mass is 783 g/mol. The number of rotatable bonds is 17. The number of aromatic nitrogens is 4. The van der Waals surface area contributed by atoms with Gasteiger partial charge >= 0.3 is 5.97 Å². The summed E-state index contributed by atoms with van der Waals surface area (Å²) < 4.78 is 7.69. The highest BCUT2D eigenvalue weighted by atomic mass is 32.1. The van der Waals surface area contributed by atoms with E-state index in [0.29, 0.717) is 54.8 Å². The molecule has 2 N–H and O–H groups in total. The van der Waals surface area contributed by atoms with E-state index in [1.54, 1.807) is 0 Å². The first-order chi connectivity index (χ1) is 27.9. The van der Waals surface area contributed by atoms with Gasteiger partial charge in [-0.2, -0.15) is 5.10 Å². The van der Waals surface area contributed by atoms with Gasteiger partial charge in [-0.1, -0.05) is 98.0 Å². The van der Waals surface area contributed by atoms with Gasteiger partial charge in [-0.05, 0) is 73.2 Å². The van der Waals surface area contributed by atoms with Crippen molar-refractivity contribution >= 4 is 50.3 Å². The van der Waals surface area contributed by atoms with Gasteiger partial charge < -0.3 is 15.0 Å². The van der Waals surface area contributed by atoms with Crippen LogP contribution < -0.4 is 15.5 Å². The number of amides is 2. The predicted octanol–water partition coefficient (Wildman–Crippen LogP) is 8.75. The second-order valence-electron chi connectivity index (χ2n) is 14.5. The highest BCUT2D eigenvalue weighted by Gasteiger charge is 2.26. The Morgan fingerprint density at radius 2 is 1.58 bits per heavy atom. The molecule has 0 saturated heterocycles. The fourth-order valence-corrected chi connectivity index (χ4v) is 8.25. The Morgan fingerprint density at radius 3 is 2.39 bits per heavy atom. The van der Waals surface area contributed by atoms with E-state index < -0.39 is 0 Å². The molecule has 3 aromatic heterocycles. The van der Waals surface area contributed by atoms with Crippen LogP contribution in [0.3, 0.4) is 0 Å². The molecule has 0 radical (unpaired) electrons. The van der Waals surface area contributed by atoms with E-state index in [0.717, 1.165) is 95.1 Å². The lowest BCUT2D eigenvalue weighted by Crippen LogP contribution is -2.34. The SMILES string of the molecule is COC(=O)CCCCCCCCCNC(=O)c1nc(N2CCc3cccc(C(=O)Nc4nc5ccccc5s4)c3C2)ccc1-c1cnn(Cc2ccccc2)c1C. The van der Waals surface area contributed by atoms with E-state index in [1.807, 2.05) is 84.5 Å². The van der Waals surface area contributed by atoms with Crippen LogP contribution in [0.1, 0.15) is 94.6 Å². The summed E-state index contributed by atoms with van der Waals surface area (Å²) in [6, 6.07) is 27.9. The van der Waals surface area contributed by atoms with Crippen molar-refractivity contribution in [1.29, 1.82) is 0 Å². The molecule has 0 saturated carbocycles. The summed E-state index contributed by atoms with van der Waals surface area (Å²) in [4.78, 5) is 50.9. The van der Waals surface area contributed by atoms with Crippen LogP contribution >= 0.6 is 11.3 Å². The smallest absolute Gasteiger partial charge is 0.305 e. The lowest BCUT2D eigenvalue weighted by atomic mass is 9.94. The molecule has 6 aromatic rings. The van der Waals surface area contributed by atoms with Gasteiger partial charge in [0.2, 0.25) is 0 Å². The Balaban J connectivity index is 1.07. The normalized spacial score (nSPS) is 12.4. The molecule has 11 nitrogen and oxygen atoms in total. The molecule has 7 rings (SSSR count). The molecule has 4 heterocycles. The molecule has 0 fully saturated rings. The van der Waals surface area contributed by atoms with Gasteiger partial charge in [0.05, 0.1) is 30.1 Å². The van der Waals surface area contributed by atoms with Gasteiger partial charge in [-0.3, -0.25) is 24.4 Å². The molecule has 1 aliphatic heterocycles. The largest absolute Gasteiger partial charge is 0.469 e. The standard InChI is InChI=1S/C45H49N7O4S/c1-31-36(28-47-52(31)29-32-16-9-8-10-17-32)34-23-24-40(49-42(34)44(55)46-26-14-7-5-3-4-6-11-22-41(53)56-2)51-27-25-33-18-15-19-35(37(33)30-51)43(54)50-45-48-38-20-12-13-21-39(38)57-45/h8-10,12-13,15-21,23-24,28H,3-7,11,14,22,25-27,29-30H2,1-2H3,(H,46,55)(H,48,50,54). The summed E-state index contributed by atoms with van der Waals surface area (Å²) in [5.41, 5.74) is 7.57. The molecule has 1 aliphatic rings. The van der Waals surface area contributed by atoms with Crippen molar-refractivity contribution in [2.75, 3.05) is 30.4 Å². The van der Waals surface area contributed by atoms with E-state index in [1.165, 1.54) is 18.4 Å². The minimum absolute atomic E-state index is 0.151. The Bertz CT molecular complexity index is 2300. The van der Waals surface area contributed by atoms with Crippen molar-refractivity contribution in [1.82, 2.24) is 25.1 Å². The van der Waals surface area contributed by atoms with Crippen molar-refractivity contribution in [2.45, 2.75) is 77.8 Å². The topological polar surface area (TPSA) is 131 Å².